The van der Waals surface area contributed by atoms with Crippen molar-refractivity contribution in [2.75, 3.05) is 18.5 Å². The molecule has 1 heterocycles. The van der Waals surface area contributed by atoms with Gasteiger partial charge in [-0.1, -0.05) is 17.7 Å². The van der Waals surface area contributed by atoms with Crippen LogP contribution in [0.1, 0.15) is 21.8 Å². The number of hydrogen-bond donors (Lipinski definition) is 1. The Labute approximate surface area is 119 Å². The molecule has 0 fully saturated rings. The largest absolute Gasteiger partial charge is 0.368 e. The minimum Gasteiger partial charge on any atom is -0.368 e. The van der Waals surface area contributed by atoms with Gasteiger partial charge in [0.1, 0.15) is 0 Å². The van der Waals surface area contributed by atoms with E-state index in [-0.39, 0.29) is 0 Å². The molecule has 2 aromatic rings. The van der Waals surface area contributed by atoms with E-state index in [9.17, 15) is 0 Å². The molecule has 0 saturated heterocycles. The highest BCUT2D eigenvalue weighted by Gasteiger charge is 2.08. The number of nitrogens with zero attached hydrogens (tertiary/aromatic N) is 2. The molecule has 0 amide bonds. The van der Waals surface area contributed by atoms with Gasteiger partial charge in [-0.3, -0.25) is 0 Å². The van der Waals surface area contributed by atoms with Crippen LogP contribution in [0.3, 0.4) is 0 Å². The molecule has 102 valence electrons. The summed E-state index contributed by atoms with van der Waals surface area (Å²) in [4.78, 5) is 6.86. The van der Waals surface area contributed by atoms with Crippen LogP contribution in [0.5, 0.6) is 0 Å². The molecule has 0 bridgehead atoms. The van der Waals surface area contributed by atoms with Crippen molar-refractivity contribution in [3.05, 3.63) is 45.4 Å². The first-order valence-electron chi connectivity index (χ1n) is 6.52. The van der Waals surface area contributed by atoms with Crippen molar-refractivity contribution in [1.82, 2.24) is 4.98 Å². The van der Waals surface area contributed by atoms with Crippen LogP contribution in [0.25, 0.3) is 0 Å². The zero-order valence-corrected chi connectivity index (χ0v) is 12.6. The lowest BCUT2D eigenvalue weighted by molar-refractivity contribution is 0.869. The molecule has 0 atom stereocenters. The van der Waals surface area contributed by atoms with E-state index >= 15 is 0 Å². The van der Waals surface area contributed by atoms with Gasteiger partial charge in [-0.25, -0.2) is 4.98 Å². The van der Waals surface area contributed by atoms with Crippen LogP contribution in [-0.2, 0) is 13.0 Å². The highest BCUT2D eigenvalue weighted by atomic mass is 32.1. The first kappa shape index (κ1) is 14.0. The molecule has 2 rings (SSSR count). The zero-order valence-electron chi connectivity index (χ0n) is 11.8. The van der Waals surface area contributed by atoms with Crippen LogP contribution in [-0.4, -0.2) is 18.6 Å². The van der Waals surface area contributed by atoms with Gasteiger partial charge in [-0.05, 0) is 32.0 Å². The summed E-state index contributed by atoms with van der Waals surface area (Å²) in [6, 6.07) is 6.55. The molecule has 0 radical (unpaired) electrons. The fourth-order valence-corrected chi connectivity index (χ4v) is 3.03. The highest BCUT2D eigenvalue weighted by Crippen LogP contribution is 2.22. The van der Waals surface area contributed by atoms with Gasteiger partial charge in [0.25, 0.3) is 0 Å². The molecule has 0 aliphatic rings. The Hall–Kier alpha value is -1.39. The SMILES string of the molecule is Cc1ccc(N(C)Cc2csc(CCN)n2)c(C)c1. The smallest absolute Gasteiger partial charge is 0.0941 e. The summed E-state index contributed by atoms with van der Waals surface area (Å²) in [5.74, 6) is 0. The third-order valence-electron chi connectivity index (χ3n) is 3.12. The fraction of sp³-hybridized carbons (Fsp3) is 0.400. The van der Waals surface area contributed by atoms with Gasteiger partial charge < -0.3 is 10.6 Å². The third-order valence-corrected chi connectivity index (χ3v) is 4.08. The molecule has 0 aliphatic heterocycles. The summed E-state index contributed by atoms with van der Waals surface area (Å²) in [6.45, 7) is 5.78. The van der Waals surface area contributed by atoms with Gasteiger partial charge in [0.2, 0.25) is 0 Å². The van der Waals surface area contributed by atoms with E-state index in [4.69, 9.17) is 5.73 Å². The van der Waals surface area contributed by atoms with E-state index in [2.05, 4.69) is 54.4 Å². The van der Waals surface area contributed by atoms with Crippen molar-refractivity contribution in [2.24, 2.45) is 5.73 Å². The van der Waals surface area contributed by atoms with Crippen LogP contribution in [0.2, 0.25) is 0 Å². The van der Waals surface area contributed by atoms with Crippen LogP contribution in [0.15, 0.2) is 23.6 Å². The van der Waals surface area contributed by atoms with E-state index in [0.29, 0.717) is 6.54 Å². The second-order valence-corrected chi connectivity index (χ2v) is 5.86. The van der Waals surface area contributed by atoms with Crippen molar-refractivity contribution in [3.63, 3.8) is 0 Å². The van der Waals surface area contributed by atoms with Crippen molar-refractivity contribution in [1.29, 1.82) is 0 Å². The number of benzene rings is 1. The van der Waals surface area contributed by atoms with Gasteiger partial charge in [-0.15, -0.1) is 11.3 Å². The van der Waals surface area contributed by atoms with Crippen molar-refractivity contribution >= 4 is 17.0 Å². The standard InChI is InChI=1S/C15H21N3S/c1-11-4-5-14(12(2)8-11)18(3)9-13-10-19-15(17-13)6-7-16/h4-5,8,10H,6-7,9,16H2,1-3H3. The van der Waals surface area contributed by atoms with Crippen LogP contribution in [0, 0.1) is 13.8 Å². The average molecular weight is 275 g/mol. The summed E-state index contributed by atoms with van der Waals surface area (Å²) < 4.78 is 0. The van der Waals surface area contributed by atoms with Crippen LogP contribution >= 0.6 is 11.3 Å². The zero-order chi connectivity index (χ0) is 13.8. The monoisotopic (exact) mass is 275 g/mol. The normalized spacial score (nSPS) is 10.7. The van der Waals surface area contributed by atoms with Crippen molar-refractivity contribution < 1.29 is 0 Å². The van der Waals surface area contributed by atoms with Gasteiger partial charge in [-0.2, -0.15) is 0 Å². The van der Waals surface area contributed by atoms with Gasteiger partial charge in [0.05, 0.1) is 17.2 Å². The lowest BCUT2D eigenvalue weighted by atomic mass is 10.1. The van der Waals surface area contributed by atoms with Crippen LogP contribution < -0.4 is 10.6 Å². The van der Waals surface area contributed by atoms with Crippen molar-refractivity contribution in [3.8, 4) is 0 Å². The molecule has 2 N–H and O–H groups in total. The number of rotatable bonds is 5. The summed E-state index contributed by atoms with van der Waals surface area (Å²) >= 11 is 1.70. The van der Waals surface area contributed by atoms with E-state index < -0.39 is 0 Å². The third kappa shape index (κ3) is 3.55. The second kappa shape index (κ2) is 6.17. The second-order valence-electron chi connectivity index (χ2n) is 4.92. The first-order chi connectivity index (χ1) is 9.10. The van der Waals surface area contributed by atoms with E-state index in [1.807, 2.05) is 0 Å². The number of hydrogen-bond acceptors (Lipinski definition) is 4. The minimum absolute atomic E-state index is 0.667. The average Bonchev–Trinajstić information content (AvgIpc) is 2.76. The number of thiazole rings is 1. The lowest BCUT2D eigenvalue weighted by Gasteiger charge is -2.20. The summed E-state index contributed by atoms with van der Waals surface area (Å²) in [6.07, 6.45) is 0.873. The van der Waals surface area contributed by atoms with Crippen LogP contribution in [0.4, 0.5) is 5.69 Å². The predicted octanol–water partition coefficient (Wildman–Crippen LogP) is 2.90. The Morgan fingerprint density at radius 2 is 2.11 bits per heavy atom. The maximum atomic E-state index is 5.55. The molecule has 0 unspecified atom stereocenters. The fourth-order valence-electron chi connectivity index (χ4n) is 2.22. The first-order valence-corrected chi connectivity index (χ1v) is 7.40. The highest BCUT2D eigenvalue weighted by molar-refractivity contribution is 7.09. The van der Waals surface area contributed by atoms with Crippen molar-refractivity contribution in [2.45, 2.75) is 26.8 Å². The summed E-state index contributed by atoms with van der Waals surface area (Å²) in [5.41, 5.74) is 10.5. The van der Waals surface area contributed by atoms with Gasteiger partial charge >= 0.3 is 0 Å². The topological polar surface area (TPSA) is 42.1 Å². The number of aromatic nitrogens is 1. The molecular formula is C15H21N3S. The Morgan fingerprint density at radius 3 is 2.79 bits per heavy atom. The number of aryl methyl sites for hydroxylation is 2. The van der Waals surface area contributed by atoms with Gasteiger partial charge in [0, 0.05) is 24.5 Å². The Kier molecular flexibility index (Phi) is 4.56. The molecule has 0 aliphatic carbocycles. The summed E-state index contributed by atoms with van der Waals surface area (Å²) in [7, 11) is 2.11. The quantitative estimate of drug-likeness (QED) is 0.912. The predicted molar refractivity (Wildman–Crippen MR) is 82.9 cm³/mol. The molecular weight excluding hydrogens is 254 g/mol. The Bertz CT molecular complexity index is 548. The minimum atomic E-state index is 0.667. The van der Waals surface area contributed by atoms with E-state index in [0.717, 1.165) is 23.7 Å². The maximum Gasteiger partial charge on any atom is 0.0941 e. The lowest BCUT2D eigenvalue weighted by Crippen LogP contribution is -2.17. The van der Waals surface area contributed by atoms with E-state index in [1.54, 1.807) is 11.3 Å². The van der Waals surface area contributed by atoms with E-state index in [1.165, 1.54) is 16.8 Å². The molecule has 4 heteroatoms. The molecule has 19 heavy (non-hydrogen) atoms. The maximum absolute atomic E-state index is 5.55. The molecule has 1 aromatic heterocycles. The Morgan fingerprint density at radius 1 is 1.32 bits per heavy atom. The molecule has 1 aromatic carbocycles. The summed E-state index contributed by atoms with van der Waals surface area (Å²) in [5, 5.41) is 3.26. The molecule has 3 nitrogen and oxygen atoms in total. The number of nitrogens with two attached hydrogens (primary N) is 1. The number of anilines is 1. The Balaban J connectivity index is 2.09. The molecule has 0 spiro atoms. The van der Waals surface area contributed by atoms with Gasteiger partial charge in [0.15, 0.2) is 0 Å². The molecule has 0 saturated carbocycles.